The highest BCUT2D eigenvalue weighted by atomic mass is 79.9. The summed E-state index contributed by atoms with van der Waals surface area (Å²) in [5, 5.41) is 11.4. The third-order valence-electron chi connectivity index (χ3n) is 2.58. The van der Waals surface area contributed by atoms with Gasteiger partial charge in [0.15, 0.2) is 0 Å². The molecule has 0 aliphatic rings. The Morgan fingerprint density at radius 1 is 1.05 bits per heavy atom. The summed E-state index contributed by atoms with van der Waals surface area (Å²) in [6.07, 6.45) is 0. The average Bonchev–Trinajstić information content (AvgIpc) is 2.39. The number of amides is 1. The van der Waals surface area contributed by atoms with Crippen molar-refractivity contribution in [3.8, 4) is 0 Å². The minimum Gasteiger partial charge on any atom is -0.478 e. The SMILES string of the molecule is O=C(Nc1ccc(Br)c(C(=O)O)c1)c1cc(F)cc(F)c1. The van der Waals surface area contributed by atoms with E-state index in [0.717, 1.165) is 12.1 Å². The molecule has 0 radical (unpaired) electrons. The first-order valence-electron chi connectivity index (χ1n) is 5.67. The smallest absolute Gasteiger partial charge is 0.336 e. The number of hydrogen-bond acceptors (Lipinski definition) is 2. The lowest BCUT2D eigenvalue weighted by Crippen LogP contribution is -2.13. The molecule has 21 heavy (non-hydrogen) atoms. The number of rotatable bonds is 3. The number of carboxylic acids is 1. The van der Waals surface area contributed by atoms with Crippen molar-refractivity contribution in [3.63, 3.8) is 0 Å². The lowest BCUT2D eigenvalue weighted by Gasteiger charge is -2.07. The van der Waals surface area contributed by atoms with Gasteiger partial charge in [0.25, 0.3) is 5.91 Å². The van der Waals surface area contributed by atoms with Crippen molar-refractivity contribution in [2.24, 2.45) is 0 Å². The summed E-state index contributed by atoms with van der Waals surface area (Å²) in [4.78, 5) is 22.9. The van der Waals surface area contributed by atoms with Crippen LogP contribution in [-0.2, 0) is 0 Å². The van der Waals surface area contributed by atoms with Crippen molar-refractivity contribution in [3.05, 3.63) is 63.6 Å². The topological polar surface area (TPSA) is 66.4 Å². The number of halogens is 3. The predicted molar refractivity (Wildman–Crippen MR) is 75.4 cm³/mol. The number of benzene rings is 2. The summed E-state index contributed by atoms with van der Waals surface area (Å²) < 4.78 is 26.4. The van der Waals surface area contributed by atoms with Crippen LogP contribution >= 0.6 is 15.9 Å². The summed E-state index contributed by atoms with van der Waals surface area (Å²) in [5.74, 6) is -3.66. The molecule has 0 spiro atoms. The Morgan fingerprint density at radius 2 is 1.67 bits per heavy atom. The molecule has 0 aliphatic carbocycles. The maximum Gasteiger partial charge on any atom is 0.336 e. The lowest BCUT2D eigenvalue weighted by atomic mass is 10.1. The van der Waals surface area contributed by atoms with Gasteiger partial charge in [-0.3, -0.25) is 4.79 Å². The van der Waals surface area contributed by atoms with Gasteiger partial charge in [-0.15, -0.1) is 0 Å². The predicted octanol–water partition coefficient (Wildman–Crippen LogP) is 3.68. The van der Waals surface area contributed by atoms with Gasteiger partial charge in [-0.25, -0.2) is 13.6 Å². The molecule has 108 valence electrons. The number of carboxylic acid groups (broad SMARTS) is 1. The van der Waals surface area contributed by atoms with Crippen LogP contribution in [0.1, 0.15) is 20.7 Å². The van der Waals surface area contributed by atoms with Crippen LogP contribution in [0.25, 0.3) is 0 Å². The van der Waals surface area contributed by atoms with Gasteiger partial charge in [-0.05, 0) is 46.3 Å². The Kier molecular flexibility index (Phi) is 4.32. The zero-order valence-corrected chi connectivity index (χ0v) is 11.9. The van der Waals surface area contributed by atoms with Crippen LogP contribution in [0.5, 0.6) is 0 Å². The Balaban J connectivity index is 2.27. The molecular formula is C14H8BrF2NO3. The second kappa shape index (κ2) is 6.01. The van der Waals surface area contributed by atoms with E-state index in [4.69, 9.17) is 5.11 Å². The van der Waals surface area contributed by atoms with Gasteiger partial charge in [0, 0.05) is 21.8 Å². The number of hydrogen-bond donors (Lipinski definition) is 2. The molecule has 1 amide bonds. The number of aromatic carboxylic acids is 1. The molecule has 0 heterocycles. The number of carbonyl (C=O) groups excluding carboxylic acids is 1. The standard InChI is InChI=1S/C14H8BrF2NO3/c15-12-2-1-10(6-11(12)14(20)21)18-13(19)7-3-8(16)5-9(17)4-7/h1-6H,(H,18,19)(H,20,21). The Hall–Kier alpha value is -2.28. The summed E-state index contributed by atoms with van der Waals surface area (Å²) in [6.45, 7) is 0. The van der Waals surface area contributed by atoms with Gasteiger partial charge < -0.3 is 10.4 Å². The zero-order valence-electron chi connectivity index (χ0n) is 10.4. The van der Waals surface area contributed by atoms with Crippen molar-refractivity contribution >= 4 is 33.5 Å². The van der Waals surface area contributed by atoms with E-state index in [9.17, 15) is 18.4 Å². The van der Waals surface area contributed by atoms with E-state index in [1.165, 1.54) is 18.2 Å². The summed E-state index contributed by atoms with van der Waals surface area (Å²) in [5.41, 5.74) is -0.0456. The lowest BCUT2D eigenvalue weighted by molar-refractivity contribution is 0.0695. The quantitative estimate of drug-likeness (QED) is 0.882. The van der Waals surface area contributed by atoms with Gasteiger partial charge in [0.2, 0.25) is 0 Å². The summed E-state index contributed by atoms with van der Waals surface area (Å²) >= 11 is 3.07. The molecule has 7 heteroatoms. The maximum absolute atomic E-state index is 13.0. The zero-order chi connectivity index (χ0) is 15.6. The summed E-state index contributed by atoms with van der Waals surface area (Å²) in [6, 6.07) is 6.57. The molecule has 0 unspecified atom stereocenters. The third kappa shape index (κ3) is 3.63. The van der Waals surface area contributed by atoms with Crippen molar-refractivity contribution in [1.29, 1.82) is 0 Å². The molecule has 0 aromatic heterocycles. The van der Waals surface area contributed by atoms with E-state index in [1.807, 2.05) is 0 Å². The van der Waals surface area contributed by atoms with Crippen LogP contribution in [-0.4, -0.2) is 17.0 Å². The van der Waals surface area contributed by atoms with Crippen molar-refractivity contribution in [1.82, 2.24) is 0 Å². The van der Waals surface area contributed by atoms with E-state index in [0.29, 0.717) is 10.5 Å². The Morgan fingerprint density at radius 3 is 2.24 bits per heavy atom. The molecule has 2 aromatic carbocycles. The van der Waals surface area contributed by atoms with Crippen molar-refractivity contribution < 1.29 is 23.5 Å². The van der Waals surface area contributed by atoms with Gasteiger partial charge in [-0.2, -0.15) is 0 Å². The molecule has 0 fully saturated rings. The van der Waals surface area contributed by atoms with Crippen LogP contribution in [0.2, 0.25) is 0 Å². The highest BCUT2D eigenvalue weighted by Crippen LogP contribution is 2.21. The molecule has 0 aliphatic heterocycles. The number of nitrogens with one attached hydrogen (secondary N) is 1. The minimum absolute atomic E-state index is 0.0433. The van der Waals surface area contributed by atoms with Gasteiger partial charge in [0.05, 0.1) is 5.56 Å². The fourth-order valence-corrected chi connectivity index (χ4v) is 2.07. The van der Waals surface area contributed by atoms with Gasteiger partial charge in [-0.1, -0.05) is 0 Å². The van der Waals surface area contributed by atoms with Crippen molar-refractivity contribution in [2.45, 2.75) is 0 Å². The van der Waals surface area contributed by atoms with Crippen LogP contribution in [0.4, 0.5) is 14.5 Å². The minimum atomic E-state index is -1.17. The molecule has 2 N–H and O–H groups in total. The van der Waals surface area contributed by atoms with Gasteiger partial charge >= 0.3 is 5.97 Å². The first-order chi connectivity index (χ1) is 9.86. The maximum atomic E-state index is 13.0. The summed E-state index contributed by atoms with van der Waals surface area (Å²) in [7, 11) is 0. The highest BCUT2D eigenvalue weighted by molar-refractivity contribution is 9.10. The first kappa shape index (κ1) is 15.1. The molecule has 0 bridgehead atoms. The highest BCUT2D eigenvalue weighted by Gasteiger charge is 2.13. The molecule has 2 rings (SSSR count). The Labute approximate surface area is 126 Å². The van der Waals surface area contributed by atoms with Crippen LogP contribution in [0, 0.1) is 11.6 Å². The van der Waals surface area contributed by atoms with E-state index in [-0.39, 0.29) is 16.8 Å². The Bertz CT molecular complexity index is 714. The van der Waals surface area contributed by atoms with E-state index in [1.54, 1.807) is 0 Å². The normalized spacial score (nSPS) is 10.2. The first-order valence-corrected chi connectivity index (χ1v) is 6.46. The average molecular weight is 356 g/mol. The molecule has 4 nitrogen and oxygen atoms in total. The van der Waals surface area contributed by atoms with E-state index < -0.39 is 23.5 Å². The second-order valence-corrected chi connectivity index (χ2v) is 4.97. The van der Waals surface area contributed by atoms with Crippen LogP contribution in [0.15, 0.2) is 40.9 Å². The second-order valence-electron chi connectivity index (χ2n) is 4.11. The van der Waals surface area contributed by atoms with Crippen LogP contribution in [0.3, 0.4) is 0 Å². The van der Waals surface area contributed by atoms with E-state index in [2.05, 4.69) is 21.2 Å². The van der Waals surface area contributed by atoms with Gasteiger partial charge in [0.1, 0.15) is 11.6 Å². The van der Waals surface area contributed by atoms with E-state index >= 15 is 0 Å². The monoisotopic (exact) mass is 355 g/mol. The number of anilines is 1. The molecule has 2 aromatic rings. The fraction of sp³-hybridized carbons (Fsp3) is 0. The molecular weight excluding hydrogens is 348 g/mol. The molecule has 0 saturated heterocycles. The third-order valence-corrected chi connectivity index (χ3v) is 3.27. The molecule has 0 saturated carbocycles. The number of carbonyl (C=O) groups is 2. The molecule has 0 atom stereocenters. The fourth-order valence-electron chi connectivity index (χ4n) is 1.66. The van der Waals surface area contributed by atoms with Crippen LogP contribution < -0.4 is 5.32 Å². The largest absolute Gasteiger partial charge is 0.478 e. The van der Waals surface area contributed by atoms with Crippen molar-refractivity contribution in [2.75, 3.05) is 5.32 Å².